The molecule has 0 aliphatic carbocycles. The van der Waals surface area contributed by atoms with Gasteiger partial charge in [-0.2, -0.15) is 0 Å². The molecule has 0 aromatic carbocycles. The van der Waals surface area contributed by atoms with E-state index in [9.17, 15) is 0 Å². The Kier molecular flexibility index (Phi) is 43.4. The first-order valence-electron chi connectivity index (χ1n) is 6.71. The van der Waals surface area contributed by atoms with E-state index in [1.807, 2.05) is 83.9 Å². The van der Waals surface area contributed by atoms with Gasteiger partial charge in [0, 0.05) is 31.1 Å². The van der Waals surface area contributed by atoms with E-state index in [0.29, 0.717) is 0 Å². The molecule has 22 nitrogen and oxygen atoms in total. The van der Waals surface area contributed by atoms with Gasteiger partial charge in [0.25, 0.3) is 0 Å². The number of aromatic nitrogens is 4. The number of nitrogens with zero attached hydrogens (tertiary/aromatic N) is 8. The molecule has 33 heavy (non-hydrogen) atoms. The number of hydrogen-bond acceptors (Lipinski definition) is 12. The van der Waals surface area contributed by atoms with Gasteiger partial charge in [-0.25, -0.2) is 18.3 Å². The van der Waals surface area contributed by atoms with Crippen molar-refractivity contribution < 1.29 is 71.5 Å². The maximum absolute atomic E-state index is 8.25. The van der Waals surface area contributed by atoms with Crippen LogP contribution in [0.1, 0.15) is 0 Å². The van der Waals surface area contributed by atoms with E-state index in [4.69, 9.17) is 61.3 Å². The zero-order valence-electron chi connectivity index (χ0n) is 17.3. The summed E-state index contributed by atoms with van der Waals surface area (Å²) in [5.74, 6) is 0. The minimum absolute atomic E-state index is 0. The maximum Gasteiger partial charge on any atom is 0.243 e. The Morgan fingerprint density at radius 1 is 0.576 bits per heavy atom. The van der Waals surface area contributed by atoms with Crippen LogP contribution in [0.3, 0.4) is 0 Å². The van der Waals surface area contributed by atoms with Crippen molar-refractivity contribution in [1.29, 1.82) is 0 Å². The van der Waals surface area contributed by atoms with E-state index in [1.54, 1.807) is 0 Å². The number of hydrogen-bond donors (Lipinski definition) is 0. The van der Waals surface area contributed by atoms with Crippen LogP contribution in [0.5, 0.6) is 0 Å². The van der Waals surface area contributed by atoms with Crippen molar-refractivity contribution >= 4 is 0 Å². The first-order valence-corrected chi connectivity index (χ1v) is 6.71. The first-order chi connectivity index (χ1) is 13.5. The molecule has 0 saturated heterocycles. The van der Waals surface area contributed by atoms with Gasteiger partial charge in [-0.3, -0.25) is 0 Å². The molecule has 0 unspecified atom stereocenters. The second kappa shape index (κ2) is 30.4. The average molecular weight is 712 g/mol. The molecule has 23 heteroatoms. The van der Waals surface area contributed by atoms with Crippen molar-refractivity contribution in [3.63, 3.8) is 0 Å². The van der Waals surface area contributed by atoms with Gasteiger partial charge in [0.05, 0.1) is 48.5 Å². The Morgan fingerprint density at radius 3 is 0.758 bits per heavy atom. The van der Waals surface area contributed by atoms with Crippen molar-refractivity contribution in [2.45, 2.75) is 0 Å². The van der Waals surface area contributed by atoms with E-state index in [2.05, 4.69) is 0 Å². The third-order valence-corrected chi connectivity index (χ3v) is 1.80. The van der Waals surface area contributed by atoms with Crippen LogP contribution in [-0.2, 0) is 39.1 Å². The molecule has 0 atom stereocenters. The van der Waals surface area contributed by atoms with Crippen LogP contribution >= 0.6 is 0 Å². The molecule has 0 amide bonds. The quantitative estimate of drug-likeness (QED) is 0.171. The monoisotopic (exact) mass is 712 g/mol. The van der Waals surface area contributed by atoms with Gasteiger partial charge in [-0.05, 0) is 0 Å². The molecule has 2 aromatic heterocycles. The van der Waals surface area contributed by atoms with Gasteiger partial charge < -0.3 is 72.2 Å². The normalized spacial score (nSPS) is 6.91. The molecule has 0 aliphatic heterocycles. The van der Waals surface area contributed by atoms with E-state index < -0.39 is 20.3 Å². The molecule has 2 heterocycles. The van der Waals surface area contributed by atoms with Gasteiger partial charge >= 0.3 is 0 Å². The predicted molar refractivity (Wildman–Crippen MR) is 96.0 cm³/mol. The summed E-state index contributed by atoms with van der Waals surface area (Å²) in [4.78, 5) is 33.0. The second-order valence-electron chi connectivity index (χ2n) is 4.38. The summed E-state index contributed by atoms with van der Waals surface area (Å²) < 4.78 is 8.00. The Morgan fingerprint density at radius 2 is 0.727 bits per heavy atom. The van der Waals surface area contributed by atoms with E-state index in [0.717, 1.165) is 0 Å². The van der Waals surface area contributed by atoms with Crippen LogP contribution < -0.4 is 9.13 Å². The Bertz CT molecular complexity index is 619. The zero-order chi connectivity index (χ0) is 24.9. The minimum Gasteiger partial charge on any atom is -2.00 e. The summed E-state index contributed by atoms with van der Waals surface area (Å²) in [6, 6.07) is 0. The van der Waals surface area contributed by atoms with Crippen molar-refractivity contribution in [3.8, 4) is 0 Å². The fraction of sp³-hybridized carbons (Fsp3) is 0.400. The predicted octanol–water partition coefficient (Wildman–Crippen LogP) is -1.49. The largest absolute Gasteiger partial charge is 2.00 e. The van der Waals surface area contributed by atoms with Crippen molar-refractivity contribution in [2.75, 3.05) is 0 Å². The molecule has 0 N–H and O–H groups in total. The fourth-order valence-electron chi connectivity index (χ4n) is 1.15. The van der Waals surface area contributed by atoms with Crippen molar-refractivity contribution in [3.05, 3.63) is 98.7 Å². The molecule has 192 valence electrons. The summed E-state index contributed by atoms with van der Waals surface area (Å²) in [7, 11) is 8.00. The third kappa shape index (κ3) is 96.0. The topological polar surface area (TPSA) is 339 Å². The molecule has 0 bridgehead atoms. The molecule has 0 aliphatic rings. The van der Waals surface area contributed by atoms with E-state index in [1.165, 1.54) is 0 Å². The Balaban J connectivity index is -0.0000000495. The van der Waals surface area contributed by atoms with Crippen LogP contribution in [0, 0.1) is 92.4 Å². The second-order valence-corrected chi connectivity index (χ2v) is 4.38. The Hall–Kier alpha value is -3.81. The summed E-state index contributed by atoms with van der Waals surface area (Å²) in [5, 5.41) is 59.0. The SMILES string of the molecule is Cn1cc[n+](C)c1.Cn1cc[n+](C)c1.O=[N+]([O-])[O-].O=[N+]([O-])[O-].O=[N+]([O-])[O-].O=[N+]([O-])[O-].[O-2].[O-2].[U]. The van der Waals surface area contributed by atoms with Crippen LogP contribution in [-0.4, -0.2) is 29.5 Å². The molecule has 0 spiro atoms. The number of aryl methyl sites for hydroxylation is 4. The van der Waals surface area contributed by atoms with Crippen molar-refractivity contribution in [1.82, 2.24) is 9.13 Å². The molecule has 0 radical (unpaired) electrons. The fourth-order valence-corrected chi connectivity index (χ4v) is 1.15. The van der Waals surface area contributed by atoms with Crippen molar-refractivity contribution in [2.24, 2.45) is 28.2 Å². The summed E-state index contributed by atoms with van der Waals surface area (Å²) in [6.45, 7) is 0. The number of imidazole rings is 2. The molecule has 2 rings (SSSR count). The molecular formula is C10H18N8O14U-6. The van der Waals surface area contributed by atoms with E-state index in [-0.39, 0.29) is 42.1 Å². The summed E-state index contributed by atoms with van der Waals surface area (Å²) in [6.07, 6.45) is 12.0. The molecular weight excluding hydrogens is 694 g/mol. The first kappa shape index (κ1) is 47.1. The van der Waals surface area contributed by atoms with Crippen LogP contribution in [0.2, 0.25) is 0 Å². The van der Waals surface area contributed by atoms with Gasteiger partial charge in [-0.1, -0.05) is 0 Å². The summed E-state index contributed by atoms with van der Waals surface area (Å²) >= 11 is 0. The van der Waals surface area contributed by atoms with Gasteiger partial charge in [0.2, 0.25) is 12.7 Å². The summed E-state index contributed by atoms with van der Waals surface area (Å²) in [5.41, 5.74) is 0. The number of rotatable bonds is 0. The van der Waals surface area contributed by atoms with Crippen LogP contribution in [0.15, 0.2) is 37.4 Å². The standard InChI is InChI=1S/2C5H9N2.4NO3.2O.U/c2*1-6-3-4-7(2)5-6;4*2-1(3)4;;;/h2*3-5H,1-2H3;;;;;;;/q2*+1;4*-1;2*-2;. The van der Waals surface area contributed by atoms with Gasteiger partial charge in [-0.15, -0.1) is 0 Å². The third-order valence-electron chi connectivity index (χ3n) is 1.80. The minimum atomic E-state index is -1.75. The average Bonchev–Trinajstić information content (AvgIpc) is 3.04. The zero-order valence-corrected chi connectivity index (χ0v) is 21.4. The van der Waals surface area contributed by atoms with Crippen LogP contribution in [0.4, 0.5) is 0 Å². The smallest absolute Gasteiger partial charge is 0.243 e. The molecule has 2 aromatic rings. The van der Waals surface area contributed by atoms with Gasteiger partial charge in [0.1, 0.15) is 24.8 Å². The Labute approximate surface area is 207 Å². The van der Waals surface area contributed by atoms with Gasteiger partial charge in [0.15, 0.2) is 0 Å². The molecule has 0 fully saturated rings. The maximum atomic E-state index is 8.25. The van der Waals surface area contributed by atoms with E-state index >= 15 is 0 Å². The molecule has 0 saturated carbocycles. The van der Waals surface area contributed by atoms with Crippen LogP contribution in [0.25, 0.3) is 0 Å².